The number of hydrogen-bond acceptors (Lipinski definition) is 4. The molecule has 0 spiro atoms. The number of halogens is 1. The maximum absolute atomic E-state index is 11.7. The summed E-state index contributed by atoms with van der Waals surface area (Å²) in [5.41, 5.74) is 5.74. The molecule has 1 aromatic carbocycles. The first-order valence-electron chi connectivity index (χ1n) is 6.65. The van der Waals surface area contributed by atoms with Gasteiger partial charge in [0, 0.05) is 16.6 Å². The van der Waals surface area contributed by atoms with E-state index in [4.69, 9.17) is 22.1 Å². The molecule has 2 atom stereocenters. The number of amides is 3. The van der Waals surface area contributed by atoms with E-state index in [0.717, 1.165) is 12.1 Å². The van der Waals surface area contributed by atoms with Crippen molar-refractivity contribution < 1.29 is 14.3 Å². The zero-order valence-corrected chi connectivity index (χ0v) is 13.0. The predicted molar refractivity (Wildman–Crippen MR) is 81.4 cm³/mol. The van der Waals surface area contributed by atoms with Gasteiger partial charge in [-0.2, -0.15) is 0 Å². The van der Waals surface area contributed by atoms with E-state index in [1.807, 2.05) is 19.2 Å². The van der Waals surface area contributed by atoms with Crippen LogP contribution in [0, 0.1) is 0 Å². The van der Waals surface area contributed by atoms with E-state index in [9.17, 15) is 9.59 Å². The fourth-order valence-corrected chi connectivity index (χ4v) is 2.03. The van der Waals surface area contributed by atoms with Crippen LogP contribution >= 0.6 is 11.6 Å². The maximum atomic E-state index is 11.7. The van der Waals surface area contributed by atoms with Crippen molar-refractivity contribution in [3.8, 4) is 5.75 Å². The molecule has 3 amide bonds. The van der Waals surface area contributed by atoms with Gasteiger partial charge >= 0.3 is 6.03 Å². The standard InChI is InChI=1S/C14H20ClN3O3/c1-4-17-8(2)11-7-10(15)5-6-12(11)21-9(3)13(19)18-14(16)20/h5-9,17H,4H2,1-3H3,(H3,16,18,19,20). The lowest BCUT2D eigenvalue weighted by Gasteiger charge is -2.20. The van der Waals surface area contributed by atoms with E-state index < -0.39 is 18.0 Å². The van der Waals surface area contributed by atoms with Gasteiger partial charge in [0.25, 0.3) is 5.91 Å². The van der Waals surface area contributed by atoms with Gasteiger partial charge in [-0.1, -0.05) is 18.5 Å². The Kier molecular flexibility index (Phi) is 6.45. The van der Waals surface area contributed by atoms with Crippen LogP contribution in [0.15, 0.2) is 18.2 Å². The van der Waals surface area contributed by atoms with E-state index >= 15 is 0 Å². The lowest BCUT2D eigenvalue weighted by Crippen LogP contribution is -2.42. The summed E-state index contributed by atoms with van der Waals surface area (Å²) in [7, 11) is 0. The van der Waals surface area contributed by atoms with Crippen LogP contribution in [-0.4, -0.2) is 24.6 Å². The minimum Gasteiger partial charge on any atom is -0.481 e. The Labute approximate surface area is 129 Å². The Morgan fingerprint density at radius 1 is 1.38 bits per heavy atom. The minimum absolute atomic E-state index is 0.00935. The van der Waals surface area contributed by atoms with Crippen LogP contribution in [0.25, 0.3) is 0 Å². The van der Waals surface area contributed by atoms with Gasteiger partial charge in [0.05, 0.1) is 0 Å². The Bertz CT molecular complexity index is 522. The number of hydrogen-bond donors (Lipinski definition) is 3. The molecule has 0 aliphatic heterocycles. The molecule has 0 aliphatic rings. The average Bonchev–Trinajstić information content (AvgIpc) is 2.40. The van der Waals surface area contributed by atoms with Gasteiger partial charge < -0.3 is 15.8 Å². The molecule has 4 N–H and O–H groups in total. The van der Waals surface area contributed by atoms with Crippen LogP contribution in [0.3, 0.4) is 0 Å². The molecule has 116 valence electrons. The first-order chi connectivity index (χ1) is 9.85. The largest absolute Gasteiger partial charge is 0.481 e. The molecule has 0 aliphatic carbocycles. The fourth-order valence-electron chi connectivity index (χ4n) is 1.85. The predicted octanol–water partition coefficient (Wildman–Crippen LogP) is 1.97. The highest BCUT2D eigenvalue weighted by Gasteiger charge is 2.19. The van der Waals surface area contributed by atoms with Gasteiger partial charge in [-0.25, -0.2) is 4.79 Å². The van der Waals surface area contributed by atoms with Gasteiger partial charge in [-0.3, -0.25) is 10.1 Å². The Morgan fingerprint density at radius 2 is 2.05 bits per heavy atom. The number of urea groups is 1. The number of rotatable bonds is 6. The molecule has 0 saturated heterocycles. The molecular weight excluding hydrogens is 294 g/mol. The van der Waals surface area contributed by atoms with E-state index in [2.05, 4.69) is 5.32 Å². The second-order valence-electron chi connectivity index (χ2n) is 4.58. The van der Waals surface area contributed by atoms with Gasteiger partial charge in [0.1, 0.15) is 5.75 Å². The SMILES string of the molecule is CCNC(C)c1cc(Cl)ccc1OC(C)C(=O)NC(N)=O. The third kappa shape index (κ3) is 5.24. The van der Waals surface area contributed by atoms with Crippen LogP contribution in [0.4, 0.5) is 4.79 Å². The molecule has 2 unspecified atom stereocenters. The Balaban J connectivity index is 2.91. The summed E-state index contributed by atoms with van der Waals surface area (Å²) in [6.45, 7) is 6.28. The smallest absolute Gasteiger partial charge is 0.318 e. The number of nitrogens with one attached hydrogen (secondary N) is 2. The number of ether oxygens (including phenoxy) is 1. The average molecular weight is 314 g/mol. The first-order valence-corrected chi connectivity index (χ1v) is 7.02. The second-order valence-corrected chi connectivity index (χ2v) is 5.01. The van der Waals surface area contributed by atoms with Crippen molar-refractivity contribution in [3.63, 3.8) is 0 Å². The first kappa shape index (κ1) is 17.3. The third-order valence-corrected chi connectivity index (χ3v) is 3.10. The van der Waals surface area contributed by atoms with Crippen LogP contribution in [0.1, 0.15) is 32.4 Å². The molecular formula is C14H20ClN3O3. The summed E-state index contributed by atoms with van der Waals surface area (Å²) in [5, 5.41) is 5.81. The monoisotopic (exact) mass is 313 g/mol. The van der Waals surface area contributed by atoms with Crippen molar-refractivity contribution in [1.82, 2.24) is 10.6 Å². The van der Waals surface area contributed by atoms with Crippen molar-refractivity contribution in [2.45, 2.75) is 32.9 Å². The molecule has 0 aromatic heterocycles. The van der Waals surface area contributed by atoms with Crippen LogP contribution < -0.4 is 21.1 Å². The Morgan fingerprint density at radius 3 is 2.62 bits per heavy atom. The highest BCUT2D eigenvalue weighted by Crippen LogP contribution is 2.29. The molecule has 0 fully saturated rings. The zero-order valence-electron chi connectivity index (χ0n) is 12.3. The highest BCUT2D eigenvalue weighted by atomic mass is 35.5. The van der Waals surface area contributed by atoms with E-state index in [1.165, 1.54) is 6.92 Å². The minimum atomic E-state index is -0.909. The summed E-state index contributed by atoms with van der Waals surface area (Å²) >= 11 is 6.01. The quantitative estimate of drug-likeness (QED) is 0.748. The van der Waals surface area contributed by atoms with Crippen LogP contribution in [0.2, 0.25) is 5.02 Å². The highest BCUT2D eigenvalue weighted by molar-refractivity contribution is 6.30. The lowest BCUT2D eigenvalue weighted by molar-refractivity contribution is -0.126. The van der Waals surface area contributed by atoms with Gasteiger partial charge in [-0.15, -0.1) is 0 Å². The van der Waals surface area contributed by atoms with Gasteiger partial charge in [0.15, 0.2) is 6.10 Å². The van der Waals surface area contributed by atoms with Gasteiger partial charge in [-0.05, 0) is 38.6 Å². The van der Waals surface area contributed by atoms with Crippen LogP contribution in [0.5, 0.6) is 5.75 Å². The summed E-state index contributed by atoms with van der Waals surface area (Å²) < 4.78 is 5.61. The summed E-state index contributed by atoms with van der Waals surface area (Å²) in [6, 6.07) is 4.25. The number of carbonyl (C=O) groups is 2. The van der Waals surface area contributed by atoms with Crippen molar-refractivity contribution in [2.24, 2.45) is 5.73 Å². The molecule has 0 heterocycles. The van der Waals surface area contributed by atoms with E-state index in [0.29, 0.717) is 10.8 Å². The molecule has 0 radical (unpaired) electrons. The molecule has 6 nitrogen and oxygen atoms in total. The fraction of sp³-hybridized carbons (Fsp3) is 0.429. The molecule has 1 rings (SSSR count). The summed E-state index contributed by atoms with van der Waals surface area (Å²) in [5.74, 6) is -0.0699. The number of imide groups is 1. The number of benzene rings is 1. The number of primary amides is 1. The van der Waals surface area contributed by atoms with Crippen molar-refractivity contribution >= 4 is 23.5 Å². The molecule has 0 bridgehead atoms. The van der Waals surface area contributed by atoms with E-state index in [-0.39, 0.29) is 6.04 Å². The zero-order chi connectivity index (χ0) is 16.0. The molecule has 0 saturated carbocycles. The molecule has 1 aromatic rings. The second kappa shape index (κ2) is 7.85. The topological polar surface area (TPSA) is 93.4 Å². The lowest BCUT2D eigenvalue weighted by atomic mass is 10.1. The molecule has 21 heavy (non-hydrogen) atoms. The normalized spacial score (nSPS) is 13.3. The molecule has 7 heteroatoms. The summed E-state index contributed by atoms with van der Waals surface area (Å²) in [4.78, 5) is 22.3. The van der Waals surface area contributed by atoms with Crippen LogP contribution in [-0.2, 0) is 4.79 Å². The van der Waals surface area contributed by atoms with E-state index in [1.54, 1.807) is 18.2 Å². The maximum Gasteiger partial charge on any atom is 0.318 e. The van der Waals surface area contributed by atoms with Gasteiger partial charge in [0.2, 0.25) is 0 Å². The number of carbonyl (C=O) groups excluding carboxylic acids is 2. The Hall–Kier alpha value is -1.79. The number of nitrogens with two attached hydrogens (primary N) is 1. The van der Waals surface area contributed by atoms with Crippen molar-refractivity contribution in [3.05, 3.63) is 28.8 Å². The van der Waals surface area contributed by atoms with Crippen molar-refractivity contribution in [2.75, 3.05) is 6.54 Å². The summed E-state index contributed by atoms with van der Waals surface area (Å²) in [6.07, 6.45) is -0.855. The third-order valence-electron chi connectivity index (χ3n) is 2.87. The van der Waals surface area contributed by atoms with Crippen molar-refractivity contribution in [1.29, 1.82) is 0 Å².